The van der Waals surface area contributed by atoms with Gasteiger partial charge in [-0.25, -0.2) is 0 Å². The van der Waals surface area contributed by atoms with Gasteiger partial charge in [-0.3, -0.25) is 9.18 Å². The van der Waals surface area contributed by atoms with E-state index in [0.29, 0.717) is 11.6 Å². The van der Waals surface area contributed by atoms with Crippen molar-refractivity contribution in [2.75, 3.05) is 6.67 Å². The van der Waals surface area contributed by atoms with Crippen LogP contribution >= 0.6 is 11.6 Å². The number of hydrogen-bond acceptors (Lipinski definition) is 1. The molecule has 2 nitrogen and oxygen atoms in total. The average Bonchev–Trinajstić information content (AvgIpc) is 2.26. The van der Waals surface area contributed by atoms with Crippen LogP contribution in [0.3, 0.4) is 0 Å². The molecule has 1 amide bonds. The van der Waals surface area contributed by atoms with E-state index in [-0.39, 0.29) is 5.91 Å². The van der Waals surface area contributed by atoms with Gasteiger partial charge in [0.1, 0.15) is 6.67 Å². The van der Waals surface area contributed by atoms with Crippen LogP contribution < -0.4 is 5.32 Å². The summed E-state index contributed by atoms with van der Waals surface area (Å²) in [6.07, 6.45) is 0. The minimum absolute atomic E-state index is 0.294. The Bertz CT molecular complexity index is 343. The van der Waals surface area contributed by atoms with Crippen LogP contribution in [-0.4, -0.2) is 12.6 Å². The first-order chi connectivity index (χ1) is 7.15. The molecular formula is C11H13ClFNO. The second-order valence-electron chi connectivity index (χ2n) is 3.36. The molecule has 0 heterocycles. The van der Waals surface area contributed by atoms with Crippen molar-refractivity contribution in [1.29, 1.82) is 0 Å². The monoisotopic (exact) mass is 229 g/mol. The molecule has 0 aliphatic heterocycles. The fourth-order valence-corrected chi connectivity index (χ4v) is 1.27. The van der Waals surface area contributed by atoms with Crippen molar-refractivity contribution in [2.24, 2.45) is 5.92 Å². The first-order valence-electron chi connectivity index (χ1n) is 4.72. The third-order valence-corrected chi connectivity index (χ3v) is 2.46. The van der Waals surface area contributed by atoms with Crippen molar-refractivity contribution < 1.29 is 9.18 Å². The molecule has 1 N–H and O–H groups in total. The molecule has 15 heavy (non-hydrogen) atoms. The Morgan fingerprint density at radius 2 is 2.20 bits per heavy atom. The molecule has 0 aliphatic carbocycles. The van der Waals surface area contributed by atoms with Crippen molar-refractivity contribution in [1.82, 2.24) is 5.32 Å². The highest BCUT2D eigenvalue weighted by Gasteiger charge is 2.11. The van der Waals surface area contributed by atoms with E-state index in [9.17, 15) is 9.18 Å². The van der Waals surface area contributed by atoms with Crippen molar-refractivity contribution in [3.05, 3.63) is 34.9 Å². The Kier molecular flexibility index (Phi) is 4.56. The summed E-state index contributed by atoms with van der Waals surface area (Å²) in [5.41, 5.74) is 0.832. The van der Waals surface area contributed by atoms with E-state index < -0.39 is 12.6 Å². The maximum atomic E-state index is 12.2. The number of rotatable bonds is 4. The quantitative estimate of drug-likeness (QED) is 0.845. The SMILES string of the molecule is CC(CF)C(=O)NCc1ccccc1Cl. The van der Waals surface area contributed by atoms with Crippen molar-refractivity contribution in [3.8, 4) is 0 Å². The van der Waals surface area contributed by atoms with E-state index in [0.717, 1.165) is 5.56 Å². The second kappa shape index (κ2) is 5.71. The predicted molar refractivity (Wildman–Crippen MR) is 58.4 cm³/mol. The molecule has 1 rings (SSSR count). The number of carbonyl (C=O) groups excluding carboxylic acids is 1. The maximum Gasteiger partial charge on any atom is 0.225 e. The molecule has 1 atom stereocenters. The lowest BCUT2D eigenvalue weighted by atomic mass is 10.2. The summed E-state index contributed by atoms with van der Waals surface area (Å²) in [5.74, 6) is -0.898. The van der Waals surface area contributed by atoms with Crippen molar-refractivity contribution in [3.63, 3.8) is 0 Å². The zero-order valence-electron chi connectivity index (χ0n) is 8.47. The Morgan fingerprint density at radius 1 is 1.53 bits per heavy atom. The first-order valence-corrected chi connectivity index (χ1v) is 5.10. The number of amides is 1. The standard InChI is InChI=1S/C11H13ClFNO/c1-8(6-13)11(15)14-7-9-4-2-3-5-10(9)12/h2-5,8H,6-7H2,1H3,(H,14,15). The molecule has 0 bridgehead atoms. The zero-order valence-corrected chi connectivity index (χ0v) is 9.22. The first kappa shape index (κ1) is 12.0. The molecular weight excluding hydrogens is 217 g/mol. The summed E-state index contributed by atoms with van der Waals surface area (Å²) in [5, 5.41) is 3.23. The molecule has 0 aliphatic rings. The van der Waals surface area contributed by atoms with Gasteiger partial charge in [0.25, 0.3) is 0 Å². The molecule has 4 heteroatoms. The summed E-state index contributed by atoms with van der Waals surface area (Å²) in [7, 11) is 0. The molecule has 0 radical (unpaired) electrons. The lowest BCUT2D eigenvalue weighted by molar-refractivity contribution is -0.125. The van der Waals surface area contributed by atoms with Gasteiger partial charge in [-0.2, -0.15) is 0 Å². The smallest absolute Gasteiger partial charge is 0.225 e. The normalized spacial score (nSPS) is 12.2. The van der Waals surface area contributed by atoms with Crippen LogP contribution in [-0.2, 0) is 11.3 Å². The van der Waals surface area contributed by atoms with E-state index in [1.54, 1.807) is 13.0 Å². The van der Waals surface area contributed by atoms with Gasteiger partial charge < -0.3 is 5.32 Å². The van der Waals surface area contributed by atoms with E-state index in [2.05, 4.69) is 5.32 Å². The van der Waals surface area contributed by atoms with Gasteiger partial charge in [-0.05, 0) is 11.6 Å². The van der Waals surface area contributed by atoms with E-state index in [1.165, 1.54) is 0 Å². The van der Waals surface area contributed by atoms with Crippen LogP contribution in [0.4, 0.5) is 4.39 Å². The highest BCUT2D eigenvalue weighted by molar-refractivity contribution is 6.31. The van der Waals surface area contributed by atoms with Crippen LogP contribution in [0.2, 0.25) is 5.02 Å². The lowest BCUT2D eigenvalue weighted by Crippen LogP contribution is -2.29. The summed E-state index contributed by atoms with van der Waals surface area (Å²) in [6, 6.07) is 7.23. The van der Waals surface area contributed by atoms with Gasteiger partial charge in [-0.15, -0.1) is 0 Å². The fourth-order valence-electron chi connectivity index (χ4n) is 1.07. The molecule has 1 unspecified atom stereocenters. The minimum atomic E-state index is -0.644. The highest BCUT2D eigenvalue weighted by Crippen LogP contribution is 2.14. The van der Waals surface area contributed by atoms with E-state index in [1.807, 2.05) is 18.2 Å². The number of halogens is 2. The van der Waals surface area contributed by atoms with Gasteiger partial charge in [-0.1, -0.05) is 36.7 Å². The molecule has 0 aromatic heterocycles. The third-order valence-electron chi connectivity index (χ3n) is 2.09. The number of alkyl halides is 1. The van der Waals surface area contributed by atoms with Gasteiger partial charge in [0.05, 0.1) is 5.92 Å². The van der Waals surface area contributed by atoms with Crippen molar-refractivity contribution >= 4 is 17.5 Å². The summed E-state index contributed by atoms with van der Waals surface area (Å²) in [6.45, 7) is 1.24. The lowest BCUT2D eigenvalue weighted by Gasteiger charge is -2.09. The van der Waals surface area contributed by atoms with Crippen LogP contribution in [0.1, 0.15) is 12.5 Å². The zero-order chi connectivity index (χ0) is 11.3. The Hall–Kier alpha value is -1.09. The van der Waals surface area contributed by atoms with Crippen molar-refractivity contribution in [2.45, 2.75) is 13.5 Å². The average molecular weight is 230 g/mol. The molecule has 1 aromatic rings. The predicted octanol–water partition coefficient (Wildman–Crippen LogP) is 2.56. The van der Waals surface area contributed by atoms with Gasteiger partial charge in [0.2, 0.25) is 5.91 Å². The number of hydrogen-bond donors (Lipinski definition) is 1. The van der Waals surface area contributed by atoms with E-state index in [4.69, 9.17) is 11.6 Å². The van der Waals surface area contributed by atoms with Gasteiger partial charge >= 0.3 is 0 Å². The Labute approximate surface area is 93.4 Å². The summed E-state index contributed by atoms with van der Waals surface area (Å²) < 4.78 is 12.2. The molecule has 0 saturated heterocycles. The Balaban J connectivity index is 2.51. The third kappa shape index (κ3) is 3.51. The maximum absolute atomic E-state index is 12.2. The molecule has 0 fully saturated rings. The minimum Gasteiger partial charge on any atom is -0.352 e. The summed E-state index contributed by atoms with van der Waals surface area (Å²) >= 11 is 5.90. The summed E-state index contributed by atoms with van der Waals surface area (Å²) in [4.78, 5) is 11.3. The second-order valence-corrected chi connectivity index (χ2v) is 3.77. The van der Waals surface area contributed by atoms with Crippen LogP contribution in [0.15, 0.2) is 24.3 Å². The molecule has 1 aromatic carbocycles. The van der Waals surface area contributed by atoms with Crippen LogP contribution in [0.25, 0.3) is 0 Å². The Morgan fingerprint density at radius 3 is 2.80 bits per heavy atom. The largest absolute Gasteiger partial charge is 0.352 e. The number of benzene rings is 1. The highest BCUT2D eigenvalue weighted by atomic mass is 35.5. The fraction of sp³-hybridized carbons (Fsp3) is 0.364. The van der Waals surface area contributed by atoms with E-state index >= 15 is 0 Å². The van der Waals surface area contributed by atoms with Gasteiger partial charge in [0, 0.05) is 11.6 Å². The van der Waals surface area contributed by atoms with Crippen LogP contribution in [0.5, 0.6) is 0 Å². The van der Waals surface area contributed by atoms with Crippen LogP contribution in [0, 0.1) is 5.92 Å². The number of carbonyl (C=O) groups is 1. The van der Waals surface area contributed by atoms with Gasteiger partial charge in [0.15, 0.2) is 0 Å². The molecule has 0 saturated carbocycles. The topological polar surface area (TPSA) is 29.1 Å². The molecule has 82 valence electrons. The number of nitrogens with one attached hydrogen (secondary N) is 1. The molecule has 0 spiro atoms.